The first-order chi connectivity index (χ1) is 13.9. The molecule has 0 amide bonds. The second-order valence-electron chi connectivity index (χ2n) is 8.13. The van der Waals surface area contributed by atoms with E-state index < -0.39 is 16.8 Å². The van der Waals surface area contributed by atoms with Crippen molar-refractivity contribution in [1.82, 2.24) is 8.94 Å². The largest absolute Gasteiger partial charge is 0.492 e. The van der Waals surface area contributed by atoms with Crippen LogP contribution in [0, 0.1) is 11.7 Å². The summed E-state index contributed by atoms with van der Waals surface area (Å²) in [4.78, 5) is 27.9. The van der Waals surface area contributed by atoms with E-state index in [0.717, 1.165) is 30.8 Å². The number of halogens is 2. The van der Waals surface area contributed by atoms with Gasteiger partial charge in [0, 0.05) is 25.2 Å². The molecule has 0 bridgehead atoms. The number of pyridine rings is 1. The van der Waals surface area contributed by atoms with E-state index in [4.69, 9.17) is 10.5 Å². The quantitative estimate of drug-likeness (QED) is 0.632. The average molecular weight is 455 g/mol. The van der Waals surface area contributed by atoms with E-state index in [1.807, 2.05) is 16.4 Å². The predicted molar refractivity (Wildman–Crippen MR) is 120 cm³/mol. The lowest BCUT2D eigenvalue weighted by Gasteiger charge is -2.25. The van der Waals surface area contributed by atoms with Gasteiger partial charge in [-0.25, -0.2) is 4.39 Å². The summed E-state index contributed by atoms with van der Waals surface area (Å²) >= 11 is 1.15. The fraction of sp³-hybridized carbons (Fsp3) is 0.500. The third-order valence-electron chi connectivity index (χ3n) is 6.20. The number of H-pyrrole nitrogens is 1. The number of fused-ring (bicyclic) bond motifs is 2. The second-order valence-corrected chi connectivity index (χ2v) is 8.93. The maximum atomic E-state index is 15.3. The molecular weight excluding hydrogens is 431 g/mol. The number of methoxy groups -OCH3 is 1. The van der Waals surface area contributed by atoms with Crippen molar-refractivity contribution in [2.45, 2.75) is 38.3 Å². The van der Waals surface area contributed by atoms with Gasteiger partial charge in [0.25, 0.3) is 5.56 Å². The van der Waals surface area contributed by atoms with Crippen molar-refractivity contribution in [3.8, 4) is 5.75 Å². The van der Waals surface area contributed by atoms with Crippen LogP contribution in [0.3, 0.4) is 0 Å². The Labute approximate surface area is 182 Å². The summed E-state index contributed by atoms with van der Waals surface area (Å²) in [5.41, 5.74) is 6.14. The fourth-order valence-electron chi connectivity index (χ4n) is 4.51. The lowest BCUT2D eigenvalue weighted by molar-refractivity contribution is 0.413. The first-order valence-electron chi connectivity index (χ1n) is 9.88. The zero-order chi connectivity index (χ0) is 20.4. The highest BCUT2D eigenvalue weighted by Gasteiger charge is 2.34. The molecule has 2 fully saturated rings. The molecule has 10 heteroatoms. The fourth-order valence-corrected chi connectivity index (χ4v) is 5.42. The predicted octanol–water partition coefficient (Wildman–Crippen LogP) is 2.98. The summed E-state index contributed by atoms with van der Waals surface area (Å²) < 4.78 is 25.7. The Morgan fingerprint density at radius 2 is 2.07 bits per heavy atom. The van der Waals surface area contributed by atoms with Gasteiger partial charge >= 0.3 is 0 Å². The minimum atomic E-state index is -0.509. The van der Waals surface area contributed by atoms with Gasteiger partial charge in [-0.3, -0.25) is 14.0 Å². The van der Waals surface area contributed by atoms with E-state index in [1.165, 1.54) is 13.2 Å². The molecule has 0 spiro atoms. The van der Waals surface area contributed by atoms with Crippen LogP contribution in [0.5, 0.6) is 5.75 Å². The van der Waals surface area contributed by atoms with Crippen LogP contribution in [0.25, 0.3) is 21.1 Å². The zero-order valence-electron chi connectivity index (χ0n) is 16.7. The summed E-state index contributed by atoms with van der Waals surface area (Å²) in [5, 5.41) is 0.288. The van der Waals surface area contributed by atoms with Gasteiger partial charge < -0.3 is 19.9 Å². The van der Waals surface area contributed by atoms with Crippen molar-refractivity contribution in [2.75, 3.05) is 25.1 Å². The van der Waals surface area contributed by atoms with Gasteiger partial charge in [0.05, 0.1) is 18.0 Å². The van der Waals surface area contributed by atoms with E-state index in [-0.39, 0.29) is 41.2 Å². The maximum Gasteiger partial charge on any atom is 0.271 e. The van der Waals surface area contributed by atoms with Crippen LogP contribution in [-0.2, 0) is 0 Å². The molecule has 1 aromatic carbocycles. The van der Waals surface area contributed by atoms with Gasteiger partial charge in [0.2, 0.25) is 5.43 Å². The van der Waals surface area contributed by atoms with Crippen LogP contribution in [0.4, 0.5) is 10.1 Å². The number of ether oxygens (including phenoxy) is 1. The molecular formula is C20H24ClFN4O3S. The number of nitrogens with one attached hydrogen (secondary N) is 1. The Balaban J connectivity index is 0.00000218. The number of hydrogen-bond donors (Lipinski definition) is 2. The van der Waals surface area contributed by atoms with Crippen molar-refractivity contribution in [3.63, 3.8) is 0 Å². The Morgan fingerprint density at radius 1 is 1.33 bits per heavy atom. The Morgan fingerprint density at radius 3 is 2.67 bits per heavy atom. The lowest BCUT2D eigenvalue weighted by Crippen LogP contribution is -2.30. The normalized spacial score (nSPS) is 20.0. The summed E-state index contributed by atoms with van der Waals surface area (Å²) in [7, 11) is 1.50. The number of rotatable bonds is 4. The molecule has 2 aromatic heterocycles. The number of aromatic amines is 1. The molecule has 2 aliphatic rings. The molecule has 0 unspecified atom stereocenters. The van der Waals surface area contributed by atoms with E-state index in [9.17, 15) is 9.59 Å². The Bertz CT molecular complexity index is 1250. The summed E-state index contributed by atoms with van der Waals surface area (Å²) in [5.74, 6) is 0.125. The first-order valence-corrected chi connectivity index (χ1v) is 10.7. The van der Waals surface area contributed by atoms with E-state index >= 15 is 4.39 Å². The highest BCUT2D eigenvalue weighted by atomic mass is 35.5. The van der Waals surface area contributed by atoms with Crippen LogP contribution in [-0.4, -0.2) is 35.2 Å². The molecule has 5 rings (SSSR count). The van der Waals surface area contributed by atoms with Crippen LogP contribution >= 0.6 is 23.9 Å². The van der Waals surface area contributed by atoms with Crippen LogP contribution in [0.15, 0.2) is 15.7 Å². The van der Waals surface area contributed by atoms with Crippen molar-refractivity contribution >= 4 is 50.7 Å². The summed E-state index contributed by atoms with van der Waals surface area (Å²) in [6, 6.07) is 1.47. The standard InChI is InChI=1S/C20H23FN4O3S.ClH/c1-9(22)10-5-6-24(8-10)16-13(21)7-12-15(18(16)28-2)25(11-3-4-11)20-14(17(12)26)19(27)23-29-20;/h7,9-11H,3-6,8,22H2,1-2H3,(H,23,27);1H/t9-,10+;/m0./s1. The molecule has 1 saturated carbocycles. The van der Waals surface area contributed by atoms with Crippen molar-refractivity contribution < 1.29 is 9.13 Å². The summed E-state index contributed by atoms with van der Waals surface area (Å²) in [6.45, 7) is 3.29. The Kier molecular flexibility index (Phi) is 5.32. The van der Waals surface area contributed by atoms with Gasteiger partial charge in [0.15, 0.2) is 11.6 Å². The smallest absolute Gasteiger partial charge is 0.271 e. The average Bonchev–Trinajstić information content (AvgIpc) is 3.26. The minimum Gasteiger partial charge on any atom is -0.492 e. The molecule has 162 valence electrons. The van der Waals surface area contributed by atoms with Gasteiger partial charge in [-0.15, -0.1) is 12.4 Å². The van der Waals surface area contributed by atoms with Gasteiger partial charge in [-0.1, -0.05) is 0 Å². The molecule has 2 atom stereocenters. The van der Waals surface area contributed by atoms with E-state index in [0.29, 0.717) is 34.9 Å². The van der Waals surface area contributed by atoms with Crippen LogP contribution in [0.1, 0.15) is 32.2 Å². The van der Waals surface area contributed by atoms with Gasteiger partial charge in [-0.05, 0) is 49.7 Å². The lowest BCUT2D eigenvalue weighted by atomic mass is 10.0. The highest BCUT2D eigenvalue weighted by molar-refractivity contribution is 7.12. The van der Waals surface area contributed by atoms with Gasteiger partial charge in [-0.2, -0.15) is 0 Å². The molecule has 3 aromatic rings. The van der Waals surface area contributed by atoms with Crippen molar-refractivity contribution in [1.29, 1.82) is 0 Å². The first kappa shape index (κ1) is 21.1. The number of aromatic nitrogens is 2. The molecule has 1 aliphatic carbocycles. The third kappa shape index (κ3) is 3.02. The SMILES string of the molecule is COc1c(N2CC[C@@H]([C@H](C)N)C2)c(F)cc2c(=O)c3c(=O)[nH]sc3n(C3CC3)c12.Cl. The molecule has 30 heavy (non-hydrogen) atoms. The number of anilines is 1. The molecule has 7 nitrogen and oxygen atoms in total. The molecule has 1 aliphatic heterocycles. The number of nitrogens with zero attached hydrogens (tertiary/aromatic N) is 2. The third-order valence-corrected chi connectivity index (χ3v) is 7.08. The molecule has 3 heterocycles. The van der Waals surface area contributed by atoms with Crippen molar-refractivity contribution in [3.05, 3.63) is 32.5 Å². The van der Waals surface area contributed by atoms with Gasteiger partial charge in [0.1, 0.15) is 15.9 Å². The van der Waals surface area contributed by atoms with Crippen LogP contribution < -0.4 is 26.4 Å². The van der Waals surface area contributed by atoms with E-state index in [1.54, 1.807) is 0 Å². The minimum absolute atomic E-state index is 0. The van der Waals surface area contributed by atoms with E-state index in [2.05, 4.69) is 4.37 Å². The molecule has 0 radical (unpaired) electrons. The maximum absolute atomic E-state index is 15.3. The summed E-state index contributed by atoms with van der Waals surface area (Å²) in [6.07, 6.45) is 2.78. The second kappa shape index (κ2) is 7.55. The van der Waals surface area contributed by atoms with Crippen molar-refractivity contribution in [2.24, 2.45) is 11.7 Å². The zero-order valence-corrected chi connectivity index (χ0v) is 18.4. The number of benzene rings is 1. The number of nitrogens with two attached hydrogens (primary N) is 1. The Hall–Kier alpha value is -2.10. The number of hydrogen-bond acceptors (Lipinski definition) is 6. The molecule has 1 saturated heterocycles. The molecule has 3 N–H and O–H groups in total. The monoisotopic (exact) mass is 454 g/mol. The topological polar surface area (TPSA) is 93.3 Å². The van der Waals surface area contributed by atoms with Crippen LogP contribution in [0.2, 0.25) is 0 Å². The highest BCUT2D eigenvalue weighted by Crippen LogP contribution is 2.46.